The van der Waals surface area contributed by atoms with E-state index in [9.17, 15) is 0 Å². The van der Waals surface area contributed by atoms with E-state index in [1.165, 1.54) is 54.9 Å². The Bertz CT molecular complexity index is 1250. The molecule has 4 heteroatoms. The van der Waals surface area contributed by atoms with Crippen molar-refractivity contribution in [2.24, 2.45) is 0 Å². The van der Waals surface area contributed by atoms with Crippen LogP contribution in [0.15, 0.2) is 133 Å². The first-order chi connectivity index (χ1) is 15.8. The smallest absolute Gasteiger partial charge is 0.0771 e. The molecule has 0 amide bonds. The Balaban J connectivity index is 0.000000191. The van der Waals surface area contributed by atoms with Crippen LogP contribution in [0.1, 0.15) is 6.42 Å². The second-order valence-corrected chi connectivity index (χ2v) is 14.7. The van der Waals surface area contributed by atoms with Gasteiger partial charge in [0, 0.05) is 0 Å². The monoisotopic (exact) mass is 662 g/mol. The van der Waals surface area contributed by atoms with Crippen molar-refractivity contribution in [2.45, 2.75) is 6.42 Å². The molecule has 0 spiro atoms. The van der Waals surface area contributed by atoms with Gasteiger partial charge in [-0.1, -0.05) is 36.4 Å². The molecule has 0 unspecified atom stereocenters. The average Bonchev–Trinajstić information content (AvgIpc) is 3.57. The van der Waals surface area contributed by atoms with Gasteiger partial charge in [0.05, 0.1) is 0 Å². The van der Waals surface area contributed by atoms with Crippen LogP contribution < -0.4 is 35.2 Å². The molecular formula is C30H24Cl2HfSi-2. The third-order valence-corrected chi connectivity index (χ3v) is 13.3. The Morgan fingerprint density at radius 3 is 1.44 bits per heavy atom. The fourth-order valence-corrected chi connectivity index (χ4v) is 8.60. The first kappa shape index (κ1) is 28.1. The molecule has 0 saturated carbocycles. The van der Waals surface area contributed by atoms with E-state index in [0.29, 0.717) is 0 Å². The van der Waals surface area contributed by atoms with Crippen LogP contribution in [0.3, 0.4) is 0 Å². The van der Waals surface area contributed by atoms with E-state index < -0.39 is 5.49 Å². The fourth-order valence-electron chi connectivity index (χ4n) is 3.62. The number of benzene rings is 4. The van der Waals surface area contributed by atoms with Crippen molar-refractivity contribution in [3.63, 3.8) is 0 Å². The second kappa shape index (κ2) is 15.0. The van der Waals surface area contributed by atoms with Gasteiger partial charge in [0.2, 0.25) is 0 Å². The Hall–Kier alpha value is -2.10. The first-order valence-electron chi connectivity index (χ1n) is 10.8. The maximum Gasteiger partial charge on any atom is -0.0771 e. The number of hydrogen-bond donors (Lipinski definition) is 0. The first-order valence-corrected chi connectivity index (χ1v) is 17.7. The van der Waals surface area contributed by atoms with E-state index in [4.69, 9.17) is 0 Å². The molecular weight excluding hydrogens is 638 g/mol. The van der Waals surface area contributed by atoms with E-state index in [1.54, 1.807) is 0 Å². The molecule has 34 heavy (non-hydrogen) atoms. The summed E-state index contributed by atoms with van der Waals surface area (Å²) >= 11 is 1.27. The van der Waals surface area contributed by atoms with Crippen LogP contribution in [0.2, 0.25) is 0 Å². The number of fused-ring (bicyclic) bond motifs is 3. The Morgan fingerprint density at radius 2 is 1.06 bits per heavy atom. The molecule has 0 radical (unpaired) electrons. The molecule has 0 bridgehead atoms. The van der Waals surface area contributed by atoms with Crippen molar-refractivity contribution in [3.8, 4) is 0 Å². The van der Waals surface area contributed by atoms with Crippen molar-refractivity contribution in [2.75, 3.05) is 0 Å². The summed E-state index contributed by atoms with van der Waals surface area (Å²) in [5, 5.41) is 8.47. The van der Waals surface area contributed by atoms with E-state index >= 15 is 0 Å². The summed E-state index contributed by atoms with van der Waals surface area (Å²) in [5.74, 6) is 0. The maximum absolute atomic E-state index is 2.99. The predicted octanol–water partition coefficient (Wildman–Crippen LogP) is 0.365. The molecule has 0 N–H and O–H groups in total. The van der Waals surface area contributed by atoms with E-state index in [0.717, 1.165) is 6.42 Å². The molecule has 6 rings (SSSR count). The topological polar surface area (TPSA) is 0 Å². The molecule has 5 aromatic rings. The summed E-state index contributed by atoms with van der Waals surface area (Å²) in [4.78, 5) is 0. The molecule has 0 fully saturated rings. The quantitative estimate of drug-likeness (QED) is 0.190. The number of rotatable bonds is 2. The van der Waals surface area contributed by atoms with Crippen molar-refractivity contribution >= 4 is 37.4 Å². The van der Waals surface area contributed by atoms with Crippen LogP contribution in [0.25, 0.3) is 21.5 Å². The Labute approximate surface area is 229 Å². The summed E-state index contributed by atoms with van der Waals surface area (Å²) < 4.78 is 0. The van der Waals surface area contributed by atoms with E-state index in [1.807, 2.05) is 12.2 Å². The van der Waals surface area contributed by atoms with Crippen LogP contribution in [0, 0.1) is 6.08 Å². The number of hydrogen-bond acceptors (Lipinski definition) is 0. The summed E-state index contributed by atoms with van der Waals surface area (Å²) in [5.41, 5.74) is -0.406. The number of allylic oxidation sites excluding steroid dienone is 4. The minimum Gasteiger partial charge on any atom is -0.126 e. The SMILES string of the molecule is [C-]1=CC=CC1.[Cl-].[Cl-].[Hf+2]=[Si](c1ccccc1)c1ccccc1.c1ccc2c(c1)[cH-]c1ccccc12. The molecule has 1 aliphatic rings. The van der Waals surface area contributed by atoms with Crippen LogP contribution >= 0.6 is 0 Å². The van der Waals surface area contributed by atoms with Gasteiger partial charge < -0.3 is 24.8 Å². The maximum atomic E-state index is 2.99. The minimum atomic E-state index is -0.406. The molecule has 0 atom stereocenters. The van der Waals surface area contributed by atoms with Gasteiger partial charge in [0.15, 0.2) is 0 Å². The van der Waals surface area contributed by atoms with Gasteiger partial charge in [-0.3, -0.25) is 6.08 Å². The molecule has 0 heterocycles. The predicted molar refractivity (Wildman–Crippen MR) is 137 cm³/mol. The van der Waals surface area contributed by atoms with Gasteiger partial charge in [-0.25, -0.2) is 12.2 Å². The molecule has 0 aromatic heterocycles. The van der Waals surface area contributed by atoms with Crippen LogP contribution in [-0.2, 0) is 23.0 Å². The standard InChI is InChI=1S/C13H9.C12H10Si.C5H5.2ClH.Hf/c1-3-7-12-10(5-1)9-11-6-2-4-8-13(11)12;1-3-7-11(8-4-1)13-12-9-5-2-6-10-12;1-2-4-5-3-1;;;/h1-9H;1-10H;1-3H,4H2;2*1H;/q-1;;-1;;;+2/p-2. The molecule has 5 aromatic carbocycles. The van der Waals surface area contributed by atoms with E-state index in [2.05, 4.69) is 127 Å². The molecule has 168 valence electrons. The van der Waals surface area contributed by atoms with Crippen LogP contribution in [-0.4, -0.2) is 5.49 Å². The summed E-state index contributed by atoms with van der Waals surface area (Å²) in [6, 6.07) is 41.0. The third kappa shape index (κ3) is 7.71. The Kier molecular flexibility index (Phi) is 12.4. The van der Waals surface area contributed by atoms with Gasteiger partial charge >= 0.3 is 99.5 Å². The summed E-state index contributed by atoms with van der Waals surface area (Å²) in [7, 11) is 0. The fraction of sp³-hybridized carbons (Fsp3) is 0.0333. The van der Waals surface area contributed by atoms with Crippen LogP contribution in [0.4, 0.5) is 0 Å². The van der Waals surface area contributed by atoms with Crippen molar-refractivity contribution in [1.29, 1.82) is 0 Å². The largest absolute Gasteiger partial charge is 0.126 e. The summed E-state index contributed by atoms with van der Waals surface area (Å²) in [6.45, 7) is 0. The number of halogens is 2. The zero-order valence-corrected chi connectivity index (χ0v) is 24.8. The van der Waals surface area contributed by atoms with Gasteiger partial charge in [-0.15, -0.1) is 46.2 Å². The van der Waals surface area contributed by atoms with Gasteiger partial charge in [-0.05, 0) is 0 Å². The minimum absolute atomic E-state index is 0. The normalized spacial score (nSPS) is 10.9. The molecule has 0 aliphatic heterocycles. The van der Waals surface area contributed by atoms with Gasteiger partial charge in [0.25, 0.3) is 0 Å². The zero-order chi connectivity index (χ0) is 22.0. The summed E-state index contributed by atoms with van der Waals surface area (Å²) in [6.07, 6.45) is 10.0. The average molecular weight is 662 g/mol. The van der Waals surface area contributed by atoms with E-state index in [-0.39, 0.29) is 24.8 Å². The molecule has 1 aliphatic carbocycles. The van der Waals surface area contributed by atoms with Crippen molar-refractivity contribution in [3.05, 3.63) is 140 Å². The van der Waals surface area contributed by atoms with Crippen molar-refractivity contribution < 1.29 is 47.8 Å². The second-order valence-electron chi connectivity index (χ2n) is 7.43. The molecule has 0 nitrogen and oxygen atoms in total. The van der Waals surface area contributed by atoms with Gasteiger partial charge in [0.1, 0.15) is 0 Å². The van der Waals surface area contributed by atoms with Gasteiger partial charge in [-0.2, -0.15) is 6.08 Å². The third-order valence-electron chi connectivity index (χ3n) is 5.23. The molecule has 0 saturated heterocycles. The zero-order valence-electron chi connectivity index (χ0n) is 18.7. The van der Waals surface area contributed by atoms with Crippen molar-refractivity contribution in [1.82, 2.24) is 0 Å². The van der Waals surface area contributed by atoms with Crippen LogP contribution in [0.5, 0.6) is 0 Å². The Morgan fingerprint density at radius 1 is 0.618 bits per heavy atom.